The number of carbonyl (C=O) groups excluding carboxylic acids is 3. The molecule has 1 N–H and O–H groups in total. The third-order valence-electron chi connectivity index (χ3n) is 9.61. The molecular formula is C26H37NO5S. The highest BCUT2D eigenvalue weighted by molar-refractivity contribution is 8.14. The third kappa shape index (κ3) is 3.60. The lowest BCUT2D eigenvalue weighted by Gasteiger charge is -2.60. The molecule has 0 aromatic rings. The van der Waals surface area contributed by atoms with Crippen molar-refractivity contribution in [1.29, 1.82) is 0 Å². The Bertz CT molecular complexity index is 922. The number of aliphatic hydroxyl groups excluding tert-OH is 1. The van der Waals surface area contributed by atoms with Gasteiger partial charge in [0.25, 0.3) is 0 Å². The van der Waals surface area contributed by atoms with E-state index in [9.17, 15) is 24.4 Å². The van der Waals surface area contributed by atoms with Crippen LogP contribution in [0.25, 0.3) is 0 Å². The fourth-order valence-electron chi connectivity index (χ4n) is 7.82. The number of rotatable bonds is 4. The van der Waals surface area contributed by atoms with Gasteiger partial charge in [0.15, 0.2) is 22.2 Å². The Kier molecular flexibility index (Phi) is 6.09. The summed E-state index contributed by atoms with van der Waals surface area (Å²) in [6.07, 6.45) is 5.56. The number of nitroso groups, excluding NO2 is 1. The molecule has 0 bridgehead atoms. The maximum Gasteiger partial charge on any atom is 0.194 e. The van der Waals surface area contributed by atoms with E-state index < -0.39 is 22.5 Å². The second-order valence-electron chi connectivity index (χ2n) is 12.3. The van der Waals surface area contributed by atoms with E-state index in [2.05, 4.69) is 12.1 Å². The molecule has 0 spiro atoms. The summed E-state index contributed by atoms with van der Waals surface area (Å²) in [6.45, 7) is 9.61. The lowest BCUT2D eigenvalue weighted by Crippen LogP contribution is -2.61. The zero-order valence-electron chi connectivity index (χ0n) is 20.5. The Hall–Kier alpha value is -1.34. The van der Waals surface area contributed by atoms with Crippen LogP contribution in [0.1, 0.15) is 79.6 Å². The summed E-state index contributed by atoms with van der Waals surface area (Å²) in [7, 11) is 0. The molecule has 0 heterocycles. The molecule has 0 unspecified atom stereocenters. The van der Waals surface area contributed by atoms with Crippen LogP contribution >= 0.6 is 11.8 Å². The number of carbonyl (C=O) groups is 3. The van der Waals surface area contributed by atoms with Crippen LogP contribution in [0.15, 0.2) is 16.8 Å². The van der Waals surface area contributed by atoms with Crippen molar-refractivity contribution in [3.63, 3.8) is 0 Å². The summed E-state index contributed by atoms with van der Waals surface area (Å²) in [4.78, 5) is 50.3. The molecule has 0 saturated heterocycles. The number of thioether (sulfide) groups is 1. The maximum absolute atomic E-state index is 13.5. The van der Waals surface area contributed by atoms with Crippen LogP contribution in [-0.2, 0) is 14.4 Å². The van der Waals surface area contributed by atoms with Gasteiger partial charge in [0.1, 0.15) is 0 Å². The fraction of sp³-hybridized carbons (Fsp3) is 0.808. The number of fused-ring (bicyclic) bond motifs is 5. The molecule has 33 heavy (non-hydrogen) atoms. The van der Waals surface area contributed by atoms with Crippen molar-refractivity contribution in [3.05, 3.63) is 16.6 Å². The molecule has 3 saturated carbocycles. The molecule has 0 radical (unpaired) electrons. The lowest BCUT2D eigenvalue weighted by molar-refractivity contribution is -0.146. The van der Waals surface area contributed by atoms with Crippen LogP contribution in [-0.4, -0.2) is 39.2 Å². The average molecular weight is 476 g/mol. The van der Waals surface area contributed by atoms with Crippen molar-refractivity contribution in [2.24, 2.45) is 39.2 Å². The molecule has 0 aromatic carbocycles. The van der Waals surface area contributed by atoms with Gasteiger partial charge in [-0.15, -0.1) is 4.91 Å². The first-order valence-corrected chi connectivity index (χ1v) is 13.3. The average Bonchev–Trinajstić information content (AvgIpc) is 3.03. The second-order valence-corrected chi connectivity index (χ2v) is 13.3. The number of nitrogens with zero attached hydrogens (tertiary/aromatic N) is 1. The van der Waals surface area contributed by atoms with Crippen LogP contribution in [0.3, 0.4) is 0 Å². The van der Waals surface area contributed by atoms with Gasteiger partial charge in [-0.2, -0.15) is 0 Å². The molecule has 3 fully saturated rings. The minimum Gasteiger partial charge on any atom is -0.393 e. The largest absolute Gasteiger partial charge is 0.393 e. The fourth-order valence-corrected chi connectivity index (χ4v) is 8.75. The quantitative estimate of drug-likeness (QED) is 0.582. The molecular weight excluding hydrogens is 438 g/mol. The van der Waals surface area contributed by atoms with Gasteiger partial charge >= 0.3 is 0 Å². The topological polar surface area (TPSA) is 101 Å². The Balaban J connectivity index is 1.63. The first-order valence-electron chi connectivity index (χ1n) is 12.3. The van der Waals surface area contributed by atoms with Crippen molar-refractivity contribution < 1.29 is 19.5 Å². The molecule has 4 rings (SSSR count). The summed E-state index contributed by atoms with van der Waals surface area (Å²) < 4.78 is 0. The normalized spacial score (nSPS) is 42.6. The van der Waals surface area contributed by atoms with E-state index >= 15 is 0 Å². The Labute approximate surface area is 200 Å². The highest BCUT2D eigenvalue weighted by Crippen LogP contribution is 2.68. The van der Waals surface area contributed by atoms with Crippen LogP contribution < -0.4 is 0 Å². The Morgan fingerprint density at radius 3 is 2.52 bits per heavy atom. The molecule has 4 aliphatic rings. The van der Waals surface area contributed by atoms with Gasteiger partial charge in [-0.1, -0.05) is 57.1 Å². The minimum absolute atomic E-state index is 0.0260. The second kappa shape index (κ2) is 8.11. The molecule has 0 amide bonds. The van der Waals surface area contributed by atoms with Gasteiger partial charge in [0.05, 0.1) is 11.9 Å². The van der Waals surface area contributed by atoms with Crippen LogP contribution in [0, 0.1) is 38.9 Å². The standard InChI is InChI=1S/C26H37NO5S/c1-23(2,3)22(31)33-14-20(30)26(27-32)11-9-18-17-7-6-15-12-16(28)8-10-24(15,4)21(17)19(29)13-25(18,26)5/h12,17-19,21,29H,6-11,13-14H2,1-5H3/t17-,18-,19-,21+,24-,25-,26-/m0/s1. The van der Waals surface area contributed by atoms with Crippen LogP contribution in [0.2, 0.25) is 0 Å². The number of aliphatic hydroxyl groups is 1. The van der Waals surface area contributed by atoms with Gasteiger partial charge in [0, 0.05) is 17.3 Å². The third-order valence-corrected chi connectivity index (χ3v) is 10.9. The van der Waals surface area contributed by atoms with E-state index in [4.69, 9.17) is 0 Å². The van der Waals surface area contributed by atoms with Crippen molar-refractivity contribution in [2.75, 3.05) is 5.75 Å². The van der Waals surface area contributed by atoms with E-state index in [0.29, 0.717) is 19.3 Å². The van der Waals surface area contributed by atoms with Crippen molar-refractivity contribution in [2.45, 2.75) is 91.2 Å². The first-order chi connectivity index (χ1) is 15.3. The van der Waals surface area contributed by atoms with Gasteiger partial charge in [0.2, 0.25) is 0 Å². The highest BCUT2D eigenvalue weighted by atomic mass is 32.2. The van der Waals surface area contributed by atoms with E-state index in [1.807, 2.05) is 27.7 Å². The lowest BCUT2D eigenvalue weighted by atomic mass is 9.45. The van der Waals surface area contributed by atoms with Crippen molar-refractivity contribution in [1.82, 2.24) is 0 Å². The van der Waals surface area contributed by atoms with E-state index in [-0.39, 0.29) is 45.6 Å². The van der Waals surface area contributed by atoms with Gasteiger partial charge in [-0.3, -0.25) is 14.4 Å². The summed E-state index contributed by atoms with van der Waals surface area (Å²) in [5.74, 6) is 0.177. The van der Waals surface area contributed by atoms with Gasteiger partial charge < -0.3 is 5.11 Å². The van der Waals surface area contributed by atoms with Crippen molar-refractivity contribution in [3.8, 4) is 0 Å². The minimum atomic E-state index is -1.39. The Morgan fingerprint density at radius 1 is 1.18 bits per heavy atom. The van der Waals surface area contributed by atoms with Crippen LogP contribution in [0.4, 0.5) is 0 Å². The first kappa shape index (κ1) is 24.8. The molecule has 7 atom stereocenters. The zero-order valence-corrected chi connectivity index (χ0v) is 21.3. The smallest absolute Gasteiger partial charge is 0.194 e. The van der Waals surface area contributed by atoms with E-state index in [1.165, 1.54) is 0 Å². The van der Waals surface area contributed by atoms with Crippen LogP contribution in [0.5, 0.6) is 0 Å². The van der Waals surface area contributed by atoms with E-state index in [0.717, 1.165) is 43.0 Å². The zero-order chi connectivity index (χ0) is 24.4. The predicted octanol–water partition coefficient (Wildman–Crippen LogP) is 4.87. The number of Topliss-reactive ketones (excluding diaryl/α,β-unsaturated/α-hetero) is 1. The highest BCUT2D eigenvalue weighted by Gasteiger charge is 2.69. The number of hydrogen-bond donors (Lipinski definition) is 1. The predicted molar refractivity (Wildman–Crippen MR) is 129 cm³/mol. The van der Waals surface area contributed by atoms with Gasteiger partial charge in [-0.05, 0) is 67.8 Å². The number of ketones is 2. The SMILES string of the molecule is CC(C)(C)C(=O)SCC(=O)[C@@]1(N=O)CC[C@H]2[C@@H]3CCC4=CC(=O)CC[C@]4(C)[C@H]3[C@@H](O)C[C@@]21C. The number of hydrogen-bond acceptors (Lipinski definition) is 7. The summed E-state index contributed by atoms with van der Waals surface area (Å²) in [6, 6.07) is 0. The monoisotopic (exact) mass is 475 g/mol. The summed E-state index contributed by atoms with van der Waals surface area (Å²) in [5.41, 5.74) is -1.73. The molecule has 0 aliphatic heterocycles. The number of allylic oxidation sites excluding steroid dienone is 1. The molecule has 4 aliphatic carbocycles. The summed E-state index contributed by atoms with van der Waals surface area (Å²) in [5, 5.41) is 14.9. The van der Waals surface area contributed by atoms with E-state index in [1.54, 1.807) is 6.08 Å². The Morgan fingerprint density at radius 2 is 1.88 bits per heavy atom. The molecule has 0 aromatic heterocycles. The van der Waals surface area contributed by atoms with Gasteiger partial charge in [-0.25, -0.2) is 0 Å². The molecule has 6 nitrogen and oxygen atoms in total. The summed E-state index contributed by atoms with van der Waals surface area (Å²) >= 11 is 0.979. The van der Waals surface area contributed by atoms with Crippen molar-refractivity contribution >= 4 is 28.4 Å². The molecule has 182 valence electrons. The molecule has 7 heteroatoms. The maximum atomic E-state index is 13.5.